The van der Waals surface area contributed by atoms with Gasteiger partial charge in [0.15, 0.2) is 9.84 Å². The molecule has 0 spiro atoms. The Balaban J connectivity index is 2.02. The summed E-state index contributed by atoms with van der Waals surface area (Å²) < 4.78 is 26.0. The molecule has 0 N–H and O–H groups in total. The monoisotopic (exact) mass is 488 g/mol. The fraction of sp³-hybridized carbons (Fsp3) is 0.250. The van der Waals surface area contributed by atoms with Crippen LogP contribution < -0.4 is 5.56 Å². The van der Waals surface area contributed by atoms with E-state index in [1.165, 1.54) is 4.57 Å². The number of halogens is 2. The topological polar surface area (TPSA) is 68.5 Å². The first kappa shape index (κ1) is 22.8. The molecule has 0 saturated carbocycles. The van der Waals surface area contributed by atoms with Crippen molar-refractivity contribution >= 4 is 38.8 Å². The van der Waals surface area contributed by atoms with E-state index >= 15 is 0 Å². The predicted molar refractivity (Wildman–Crippen MR) is 131 cm³/mol. The smallest absolute Gasteiger partial charge is 0.250 e. The molecular formula is C24H22Cl2N2O3S. The van der Waals surface area contributed by atoms with Crippen molar-refractivity contribution in [2.75, 3.05) is 5.75 Å². The Bertz CT molecular complexity index is 1430. The van der Waals surface area contributed by atoms with Crippen molar-refractivity contribution in [3.63, 3.8) is 0 Å². The highest BCUT2D eigenvalue weighted by molar-refractivity contribution is 7.90. The van der Waals surface area contributed by atoms with Crippen LogP contribution in [0.1, 0.15) is 42.1 Å². The number of nitrogens with zero attached hydrogens (tertiary/aromatic N) is 2. The molecule has 0 aliphatic carbocycles. The molecule has 0 bridgehead atoms. The minimum absolute atomic E-state index is 0.0540. The molecule has 0 unspecified atom stereocenters. The zero-order chi connectivity index (χ0) is 23.2. The summed E-state index contributed by atoms with van der Waals surface area (Å²) in [5.74, 6) is 0.0148. The summed E-state index contributed by atoms with van der Waals surface area (Å²) in [6.07, 6.45) is 1.78. The average molecular weight is 489 g/mol. The van der Waals surface area contributed by atoms with Crippen LogP contribution in [-0.4, -0.2) is 24.4 Å². The molecule has 2 aromatic carbocycles. The van der Waals surface area contributed by atoms with Gasteiger partial charge in [-0.05, 0) is 47.9 Å². The molecule has 166 valence electrons. The van der Waals surface area contributed by atoms with Gasteiger partial charge in [0.1, 0.15) is 0 Å². The molecule has 1 aliphatic rings. The summed E-state index contributed by atoms with van der Waals surface area (Å²) >= 11 is 12.6. The van der Waals surface area contributed by atoms with Crippen LogP contribution in [0.25, 0.3) is 11.1 Å². The molecule has 0 fully saturated rings. The molecule has 5 nitrogen and oxygen atoms in total. The summed E-state index contributed by atoms with van der Waals surface area (Å²) in [5.41, 5.74) is 5.19. The maximum Gasteiger partial charge on any atom is 0.250 e. The summed E-state index contributed by atoms with van der Waals surface area (Å²) in [7, 11) is -1.51. The Labute approximate surface area is 197 Å². The van der Waals surface area contributed by atoms with Gasteiger partial charge in [0.25, 0.3) is 5.56 Å². The van der Waals surface area contributed by atoms with Crippen LogP contribution in [0.3, 0.4) is 0 Å². The van der Waals surface area contributed by atoms with Crippen molar-refractivity contribution in [3.05, 3.63) is 91.3 Å². The number of pyridine rings is 1. The van der Waals surface area contributed by atoms with E-state index in [1.807, 2.05) is 31.2 Å². The van der Waals surface area contributed by atoms with E-state index in [0.717, 1.165) is 27.8 Å². The molecule has 3 aromatic rings. The van der Waals surface area contributed by atoms with Gasteiger partial charge in [-0.25, -0.2) is 8.42 Å². The highest BCUT2D eigenvalue weighted by Crippen LogP contribution is 2.38. The third-order valence-electron chi connectivity index (χ3n) is 5.68. The average Bonchev–Trinajstić information content (AvgIpc) is 2.84. The second-order valence-electron chi connectivity index (χ2n) is 7.93. The quantitative estimate of drug-likeness (QED) is 0.506. The second kappa shape index (κ2) is 8.50. The van der Waals surface area contributed by atoms with Crippen molar-refractivity contribution in [2.24, 2.45) is 12.0 Å². The second-order valence-corrected chi connectivity index (χ2v) is 11.1. The van der Waals surface area contributed by atoms with Crippen LogP contribution >= 0.6 is 23.2 Å². The van der Waals surface area contributed by atoms with Gasteiger partial charge >= 0.3 is 0 Å². The first-order valence-corrected chi connectivity index (χ1v) is 12.7. The van der Waals surface area contributed by atoms with E-state index in [9.17, 15) is 13.2 Å². The van der Waals surface area contributed by atoms with E-state index < -0.39 is 9.84 Å². The zero-order valence-corrected chi connectivity index (χ0v) is 20.2. The maximum absolute atomic E-state index is 12.4. The number of aryl methyl sites for hydroxylation is 1. The number of fused-ring (bicyclic) bond motifs is 3. The van der Waals surface area contributed by atoms with E-state index in [2.05, 4.69) is 0 Å². The molecule has 1 atom stereocenters. The van der Waals surface area contributed by atoms with E-state index in [-0.39, 0.29) is 23.1 Å². The van der Waals surface area contributed by atoms with Crippen molar-refractivity contribution in [2.45, 2.75) is 25.6 Å². The fourth-order valence-electron chi connectivity index (χ4n) is 3.91. The summed E-state index contributed by atoms with van der Waals surface area (Å²) in [6.45, 7) is 3.56. The largest absolute Gasteiger partial charge is 0.318 e. The number of aromatic nitrogens is 1. The molecule has 1 aliphatic heterocycles. The van der Waals surface area contributed by atoms with Crippen LogP contribution in [0.15, 0.2) is 58.4 Å². The Morgan fingerprint density at radius 1 is 1.00 bits per heavy atom. The minimum atomic E-state index is -3.21. The number of rotatable bonds is 4. The van der Waals surface area contributed by atoms with Crippen molar-refractivity contribution in [1.82, 2.24) is 4.57 Å². The number of sulfone groups is 1. The van der Waals surface area contributed by atoms with Crippen LogP contribution in [0.4, 0.5) is 0 Å². The Morgan fingerprint density at radius 2 is 1.72 bits per heavy atom. The lowest BCUT2D eigenvalue weighted by atomic mass is 9.91. The van der Waals surface area contributed by atoms with Crippen molar-refractivity contribution < 1.29 is 8.42 Å². The molecule has 0 amide bonds. The Kier molecular flexibility index (Phi) is 6.05. The molecule has 0 saturated heterocycles. The van der Waals surface area contributed by atoms with Crippen LogP contribution in [0.5, 0.6) is 0 Å². The normalized spacial score (nSPS) is 15.5. The summed E-state index contributed by atoms with van der Waals surface area (Å²) in [6, 6.07) is 12.1. The van der Waals surface area contributed by atoms with Gasteiger partial charge in [-0.2, -0.15) is 0 Å². The van der Waals surface area contributed by atoms with Crippen molar-refractivity contribution in [3.8, 4) is 11.1 Å². The molecule has 1 aromatic heterocycles. The summed E-state index contributed by atoms with van der Waals surface area (Å²) in [5, 5.41) is 0.987. The van der Waals surface area contributed by atoms with Gasteiger partial charge in [-0.15, -0.1) is 0 Å². The van der Waals surface area contributed by atoms with Gasteiger partial charge in [0.2, 0.25) is 0 Å². The molecule has 4 rings (SSSR count). The van der Waals surface area contributed by atoms with E-state index in [4.69, 9.17) is 28.2 Å². The molecule has 8 heteroatoms. The van der Waals surface area contributed by atoms with Crippen molar-refractivity contribution in [1.29, 1.82) is 0 Å². The SMILES string of the molecule is CCS(=O)(=O)Cc1ccc2c(c1)-c1cn(C)c(=O)cc1[C@H](C)N=C2c1ccc(Cl)cc1Cl. The predicted octanol–water partition coefficient (Wildman–Crippen LogP) is 5.21. The molecule has 32 heavy (non-hydrogen) atoms. The number of benzene rings is 2. The number of hydrogen-bond acceptors (Lipinski definition) is 4. The number of hydrogen-bond donors (Lipinski definition) is 0. The van der Waals surface area contributed by atoms with E-state index in [0.29, 0.717) is 21.3 Å². The van der Waals surface area contributed by atoms with Gasteiger partial charge in [-0.3, -0.25) is 9.79 Å². The van der Waals surface area contributed by atoms with Crippen LogP contribution in [-0.2, 0) is 22.6 Å². The number of aliphatic imine (C=N–C) groups is 1. The van der Waals surface area contributed by atoms with Gasteiger partial charge in [-0.1, -0.05) is 42.3 Å². The van der Waals surface area contributed by atoms with Gasteiger partial charge in [0.05, 0.1) is 22.5 Å². The van der Waals surface area contributed by atoms with Crippen LogP contribution in [0, 0.1) is 0 Å². The lowest BCUT2D eigenvalue weighted by Gasteiger charge is -2.15. The highest BCUT2D eigenvalue weighted by Gasteiger charge is 2.25. The lowest BCUT2D eigenvalue weighted by molar-refractivity contribution is 0.596. The third kappa shape index (κ3) is 4.27. The van der Waals surface area contributed by atoms with Crippen LogP contribution in [0.2, 0.25) is 10.0 Å². The zero-order valence-electron chi connectivity index (χ0n) is 17.9. The van der Waals surface area contributed by atoms with Gasteiger partial charge < -0.3 is 4.57 Å². The standard InChI is InChI=1S/C24H22Cl2N2O3S/c1-4-32(30,31)13-15-5-7-17-20(9-15)21-12-28(3)23(29)11-19(21)14(2)27-24(17)18-8-6-16(25)10-22(18)26/h5-12,14H,4,13H2,1-3H3/t14-/m0/s1. The maximum atomic E-state index is 12.4. The third-order valence-corrected chi connectivity index (χ3v) is 7.88. The fourth-order valence-corrected chi connectivity index (χ4v) is 5.30. The Morgan fingerprint density at radius 3 is 2.41 bits per heavy atom. The highest BCUT2D eigenvalue weighted by atomic mass is 35.5. The first-order valence-electron chi connectivity index (χ1n) is 10.2. The Hall–Kier alpha value is -2.41. The minimum Gasteiger partial charge on any atom is -0.318 e. The molecule has 0 radical (unpaired) electrons. The van der Waals surface area contributed by atoms with E-state index in [1.54, 1.807) is 38.4 Å². The lowest BCUT2D eigenvalue weighted by Crippen LogP contribution is -2.17. The molecular weight excluding hydrogens is 467 g/mol. The van der Waals surface area contributed by atoms with Gasteiger partial charge in [0, 0.05) is 46.8 Å². The first-order chi connectivity index (χ1) is 15.1. The molecule has 2 heterocycles. The summed E-state index contributed by atoms with van der Waals surface area (Å²) in [4.78, 5) is 17.3.